The number of ether oxygens (including phenoxy) is 1. The fourth-order valence-electron chi connectivity index (χ4n) is 2.38. The zero-order valence-corrected chi connectivity index (χ0v) is 13.0. The normalized spacial score (nSPS) is 19.1. The predicted molar refractivity (Wildman–Crippen MR) is 86.5 cm³/mol. The van der Waals surface area contributed by atoms with E-state index in [1.807, 2.05) is 31.2 Å². The number of hydrogen-bond donors (Lipinski definition) is 2. The molecule has 0 aromatic heterocycles. The van der Waals surface area contributed by atoms with Crippen molar-refractivity contribution < 1.29 is 9.53 Å². The number of nitrogens with one attached hydrogen (secondary N) is 1. The van der Waals surface area contributed by atoms with Crippen molar-refractivity contribution in [2.24, 2.45) is 5.73 Å². The maximum Gasteiger partial charge on any atom is 0.237 e. The summed E-state index contributed by atoms with van der Waals surface area (Å²) in [6, 6.07) is 7.44. The van der Waals surface area contributed by atoms with E-state index in [2.05, 4.69) is 10.2 Å². The van der Waals surface area contributed by atoms with Gasteiger partial charge in [0.15, 0.2) is 0 Å². The lowest BCUT2D eigenvalue weighted by atomic mass is 10.2. The van der Waals surface area contributed by atoms with Crippen LogP contribution in [0.5, 0.6) is 5.75 Å². The van der Waals surface area contributed by atoms with Crippen molar-refractivity contribution >= 4 is 23.1 Å². The number of piperazine rings is 1. The fraction of sp³-hybridized carbons (Fsp3) is 0.467. The average molecular weight is 307 g/mol. The van der Waals surface area contributed by atoms with Gasteiger partial charge in [-0.2, -0.15) is 0 Å². The van der Waals surface area contributed by atoms with Gasteiger partial charge in [-0.15, -0.1) is 0 Å². The lowest BCUT2D eigenvalue weighted by Crippen LogP contribution is -2.54. The molecule has 6 heteroatoms. The number of carbonyl (C=O) groups is 1. The number of hydrogen-bond acceptors (Lipinski definition) is 4. The second-order valence-corrected chi connectivity index (χ2v) is 5.51. The van der Waals surface area contributed by atoms with Crippen LogP contribution < -0.4 is 15.8 Å². The maximum absolute atomic E-state index is 11.6. The van der Waals surface area contributed by atoms with Crippen LogP contribution in [0.25, 0.3) is 0 Å². The predicted octanol–water partition coefficient (Wildman–Crippen LogP) is 0.910. The molecule has 3 N–H and O–H groups in total. The second kappa shape index (κ2) is 7.38. The van der Waals surface area contributed by atoms with Crippen molar-refractivity contribution in [2.45, 2.75) is 19.4 Å². The van der Waals surface area contributed by atoms with Crippen molar-refractivity contribution in [3.63, 3.8) is 0 Å². The zero-order chi connectivity index (χ0) is 15.2. The molecule has 1 saturated heterocycles. The van der Waals surface area contributed by atoms with E-state index in [1.54, 1.807) is 0 Å². The van der Waals surface area contributed by atoms with Crippen LogP contribution in [0.2, 0.25) is 0 Å². The molecular weight excluding hydrogens is 286 g/mol. The molecule has 1 aromatic rings. The lowest BCUT2D eigenvalue weighted by Gasteiger charge is -2.32. The minimum atomic E-state index is -0.0670. The molecule has 2 rings (SSSR count). The van der Waals surface area contributed by atoms with Gasteiger partial charge in [-0.25, -0.2) is 0 Å². The smallest absolute Gasteiger partial charge is 0.237 e. The highest BCUT2D eigenvalue weighted by molar-refractivity contribution is 7.80. The first-order valence-electron chi connectivity index (χ1n) is 7.13. The van der Waals surface area contributed by atoms with Gasteiger partial charge in [0, 0.05) is 19.6 Å². The van der Waals surface area contributed by atoms with Crippen LogP contribution in [0.15, 0.2) is 24.3 Å². The van der Waals surface area contributed by atoms with E-state index in [-0.39, 0.29) is 11.9 Å². The number of rotatable bonds is 6. The van der Waals surface area contributed by atoms with Gasteiger partial charge in [-0.05, 0) is 25.5 Å². The van der Waals surface area contributed by atoms with Gasteiger partial charge in [-0.1, -0.05) is 24.4 Å². The van der Waals surface area contributed by atoms with Gasteiger partial charge >= 0.3 is 0 Å². The number of nitrogens with zero attached hydrogens (tertiary/aromatic N) is 1. The Labute approximate surface area is 130 Å². The molecule has 1 aliphatic rings. The Morgan fingerprint density at radius 3 is 3.05 bits per heavy atom. The molecule has 5 nitrogen and oxygen atoms in total. The van der Waals surface area contributed by atoms with Crippen molar-refractivity contribution in [1.29, 1.82) is 0 Å². The molecule has 1 amide bonds. The Kier molecular flexibility index (Phi) is 5.52. The molecule has 0 bridgehead atoms. The highest BCUT2D eigenvalue weighted by Gasteiger charge is 2.24. The number of carbonyl (C=O) groups excluding carboxylic acids is 1. The highest BCUT2D eigenvalue weighted by Crippen LogP contribution is 2.18. The molecule has 0 radical (unpaired) electrons. The number of para-hydroxylation sites is 1. The Morgan fingerprint density at radius 1 is 1.52 bits per heavy atom. The zero-order valence-electron chi connectivity index (χ0n) is 12.2. The Balaban J connectivity index is 1.80. The monoisotopic (exact) mass is 307 g/mol. The maximum atomic E-state index is 11.6. The Bertz CT molecular complexity index is 521. The van der Waals surface area contributed by atoms with E-state index in [1.165, 1.54) is 0 Å². The summed E-state index contributed by atoms with van der Waals surface area (Å²) in [4.78, 5) is 14.1. The van der Waals surface area contributed by atoms with Crippen LogP contribution in [0.1, 0.15) is 18.9 Å². The third kappa shape index (κ3) is 4.15. The molecule has 1 aliphatic heterocycles. The molecule has 114 valence electrons. The lowest BCUT2D eigenvalue weighted by molar-refractivity contribution is -0.128. The second-order valence-electron chi connectivity index (χ2n) is 5.07. The molecule has 1 fully saturated rings. The van der Waals surface area contributed by atoms with E-state index in [0.717, 1.165) is 30.8 Å². The summed E-state index contributed by atoms with van der Waals surface area (Å²) in [7, 11) is 0. The quantitative estimate of drug-likeness (QED) is 0.604. The summed E-state index contributed by atoms with van der Waals surface area (Å²) in [5.41, 5.74) is 6.43. The average Bonchev–Trinajstić information content (AvgIpc) is 2.48. The Hall–Kier alpha value is -1.66. The van der Waals surface area contributed by atoms with Gasteiger partial charge in [0.1, 0.15) is 10.7 Å². The molecule has 0 saturated carbocycles. The van der Waals surface area contributed by atoms with Crippen LogP contribution >= 0.6 is 12.2 Å². The first-order chi connectivity index (χ1) is 10.1. The summed E-state index contributed by atoms with van der Waals surface area (Å²) < 4.78 is 5.76. The number of thiocarbonyl (C=S) groups is 1. The van der Waals surface area contributed by atoms with E-state index in [4.69, 9.17) is 22.7 Å². The van der Waals surface area contributed by atoms with Crippen LogP contribution in [-0.4, -0.2) is 48.1 Å². The van der Waals surface area contributed by atoms with Gasteiger partial charge in [0.25, 0.3) is 0 Å². The van der Waals surface area contributed by atoms with Crippen LogP contribution in [0.3, 0.4) is 0 Å². The Morgan fingerprint density at radius 2 is 2.29 bits per heavy atom. The largest absolute Gasteiger partial charge is 0.493 e. The summed E-state index contributed by atoms with van der Waals surface area (Å²) in [6.07, 6.45) is 0.850. The standard InChI is InChI=1S/C15H21N3O2S/c1-11-15(19)17-7-9-18(11)8-4-10-20-13-6-3-2-5-12(13)14(16)21/h2-3,5-6,11H,4,7-10H2,1H3,(H2,16,21)(H,17,19). The third-order valence-corrected chi connectivity index (χ3v) is 3.85. The SMILES string of the molecule is CC1C(=O)NCCN1CCCOc1ccccc1C(N)=S. The molecule has 1 atom stereocenters. The van der Waals surface area contributed by atoms with Crippen molar-refractivity contribution in [2.75, 3.05) is 26.2 Å². The topological polar surface area (TPSA) is 67.6 Å². The molecular formula is C15H21N3O2S. The van der Waals surface area contributed by atoms with Crippen molar-refractivity contribution in [1.82, 2.24) is 10.2 Å². The molecule has 1 heterocycles. The van der Waals surface area contributed by atoms with E-state index < -0.39 is 0 Å². The molecule has 21 heavy (non-hydrogen) atoms. The summed E-state index contributed by atoms with van der Waals surface area (Å²) in [6.45, 7) is 4.94. The highest BCUT2D eigenvalue weighted by atomic mass is 32.1. The molecule has 1 unspecified atom stereocenters. The van der Waals surface area contributed by atoms with Gasteiger partial charge in [-0.3, -0.25) is 9.69 Å². The number of nitrogens with two attached hydrogens (primary N) is 1. The molecule has 0 spiro atoms. The summed E-state index contributed by atoms with van der Waals surface area (Å²) in [5, 5.41) is 2.86. The first kappa shape index (κ1) is 15.7. The van der Waals surface area contributed by atoms with E-state index >= 15 is 0 Å². The van der Waals surface area contributed by atoms with Crippen molar-refractivity contribution in [3.05, 3.63) is 29.8 Å². The fourth-order valence-corrected chi connectivity index (χ4v) is 2.55. The first-order valence-corrected chi connectivity index (χ1v) is 7.54. The van der Waals surface area contributed by atoms with Crippen LogP contribution in [-0.2, 0) is 4.79 Å². The number of amides is 1. The van der Waals surface area contributed by atoms with E-state index in [9.17, 15) is 4.79 Å². The van der Waals surface area contributed by atoms with Gasteiger partial charge in [0.2, 0.25) is 5.91 Å². The van der Waals surface area contributed by atoms with E-state index in [0.29, 0.717) is 18.1 Å². The van der Waals surface area contributed by atoms with Gasteiger partial charge < -0.3 is 15.8 Å². The van der Waals surface area contributed by atoms with Crippen LogP contribution in [0.4, 0.5) is 0 Å². The van der Waals surface area contributed by atoms with Crippen molar-refractivity contribution in [3.8, 4) is 5.75 Å². The summed E-state index contributed by atoms with van der Waals surface area (Å²) in [5.74, 6) is 0.815. The molecule has 1 aromatic carbocycles. The minimum absolute atomic E-state index is 0.0670. The summed E-state index contributed by atoms with van der Waals surface area (Å²) >= 11 is 5.00. The minimum Gasteiger partial charge on any atom is -0.493 e. The molecule has 0 aliphatic carbocycles. The van der Waals surface area contributed by atoms with Crippen LogP contribution in [0, 0.1) is 0 Å². The third-order valence-electron chi connectivity index (χ3n) is 3.63. The number of benzene rings is 1. The van der Waals surface area contributed by atoms with Gasteiger partial charge in [0.05, 0.1) is 18.2 Å².